The monoisotopic (exact) mass is 274 g/mol. The molecular weight excluding hydrogens is 255 g/mol. The van der Waals surface area contributed by atoms with E-state index in [4.69, 9.17) is 21.1 Å². The summed E-state index contributed by atoms with van der Waals surface area (Å²) in [6.45, 7) is 5.97. The lowest BCUT2D eigenvalue weighted by Gasteiger charge is -2.09. The molecule has 0 aromatic heterocycles. The van der Waals surface area contributed by atoms with Crippen LogP contribution in [0.5, 0.6) is 5.75 Å². The van der Waals surface area contributed by atoms with Gasteiger partial charge in [-0.25, -0.2) is 4.39 Å². The largest absolute Gasteiger partial charge is 0.491 e. The van der Waals surface area contributed by atoms with Crippen LogP contribution in [0.3, 0.4) is 0 Å². The zero-order chi connectivity index (χ0) is 13.4. The zero-order valence-electron chi connectivity index (χ0n) is 10.9. The van der Waals surface area contributed by atoms with Crippen molar-refractivity contribution in [2.24, 2.45) is 5.92 Å². The van der Waals surface area contributed by atoms with Crippen molar-refractivity contribution in [2.45, 2.75) is 26.1 Å². The van der Waals surface area contributed by atoms with Gasteiger partial charge in [0.05, 0.1) is 6.61 Å². The van der Waals surface area contributed by atoms with Crippen LogP contribution >= 0.6 is 11.6 Å². The molecule has 1 aromatic rings. The first-order valence-corrected chi connectivity index (χ1v) is 6.71. The van der Waals surface area contributed by atoms with Gasteiger partial charge in [0.1, 0.15) is 18.2 Å². The number of hydrogen-bond donors (Lipinski definition) is 0. The molecule has 0 saturated carbocycles. The van der Waals surface area contributed by atoms with Gasteiger partial charge in [0.2, 0.25) is 0 Å². The molecule has 0 atom stereocenters. The molecule has 102 valence electrons. The zero-order valence-corrected chi connectivity index (χ0v) is 11.7. The number of benzene rings is 1. The van der Waals surface area contributed by atoms with Gasteiger partial charge in [0.15, 0.2) is 0 Å². The Labute approximate surface area is 113 Å². The number of hydrogen-bond acceptors (Lipinski definition) is 2. The quantitative estimate of drug-likeness (QED) is 0.527. The van der Waals surface area contributed by atoms with Crippen molar-refractivity contribution in [3.63, 3.8) is 0 Å². The standard InChI is InChI=1S/C14H20ClFO2/c1-11(2)3-4-17-5-6-18-14-8-12(10-15)7-13(16)9-14/h7-9,11H,3-6,10H2,1-2H3. The molecule has 2 nitrogen and oxygen atoms in total. The Kier molecular flexibility index (Phi) is 7.06. The Morgan fingerprint density at radius 1 is 1.17 bits per heavy atom. The van der Waals surface area contributed by atoms with E-state index in [1.54, 1.807) is 6.07 Å². The Bertz CT molecular complexity index is 356. The van der Waals surface area contributed by atoms with Crippen molar-refractivity contribution >= 4 is 11.6 Å². The molecule has 0 heterocycles. The molecule has 1 aromatic carbocycles. The maximum absolute atomic E-state index is 13.2. The summed E-state index contributed by atoms with van der Waals surface area (Å²) in [7, 11) is 0. The molecular formula is C14H20ClFO2. The Morgan fingerprint density at radius 3 is 2.61 bits per heavy atom. The molecule has 0 aliphatic rings. The van der Waals surface area contributed by atoms with E-state index in [1.807, 2.05) is 0 Å². The van der Waals surface area contributed by atoms with Gasteiger partial charge in [-0.2, -0.15) is 0 Å². The summed E-state index contributed by atoms with van der Waals surface area (Å²) in [6.07, 6.45) is 1.04. The molecule has 4 heteroatoms. The molecule has 0 N–H and O–H groups in total. The van der Waals surface area contributed by atoms with Gasteiger partial charge < -0.3 is 9.47 Å². The molecule has 1 rings (SSSR count). The minimum atomic E-state index is -0.330. The molecule has 0 fully saturated rings. The van der Waals surface area contributed by atoms with Gasteiger partial charge in [-0.1, -0.05) is 13.8 Å². The summed E-state index contributed by atoms with van der Waals surface area (Å²) in [4.78, 5) is 0. The fourth-order valence-electron chi connectivity index (χ4n) is 1.42. The Balaban J connectivity index is 2.24. The van der Waals surface area contributed by atoms with Crippen molar-refractivity contribution in [2.75, 3.05) is 19.8 Å². The lowest BCUT2D eigenvalue weighted by molar-refractivity contribution is 0.0924. The predicted molar refractivity (Wildman–Crippen MR) is 71.7 cm³/mol. The van der Waals surface area contributed by atoms with Crippen LogP contribution in [0.1, 0.15) is 25.8 Å². The second-order valence-corrected chi connectivity index (χ2v) is 4.84. The SMILES string of the molecule is CC(C)CCOCCOc1cc(F)cc(CCl)c1. The molecule has 0 radical (unpaired) electrons. The fourth-order valence-corrected chi connectivity index (χ4v) is 1.58. The number of alkyl halides is 1. The number of ether oxygens (including phenoxy) is 2. The van der Waals surface area contributed by atoms with Crippen LogP contribution in [0.2, 0.25) is 0 Å². The van der Waals surface area contributed by atoms with E-state index < -0.39 is 0 Å². The van der Waals surface area contributed by atoms with Crippen LogP contribution in [0.15, 0.2) is 18.2 Å². The van der Waals surface area contributed by atoms with Crippen LogP contribution in [0.25, 0.3) is 0 Å². The van der Waals surface area contributed by atoms with E-state index >= 15 is 0 Å². The molecule has 0 bridgehead atoms. The van der Waals surface area contributed by atoms with Crippen molar-refractivity contribution in [1.29, 1.82) is 0 Å². The van der Waals surface area contributed by atoms with E-state index in [-0.39, 0.29) is 11.7 Å². The number of halogens is 2. The first kappa shape index (κ1) is 15.3. The van der Waals surface area contributed by atoms with Gasteiger partial charge >= 0.3 is 0 Å². The third-order valence-electron chi connectivity index (χ3n) is 2.42. The highest BCUT2D eigenvalue weighted by molar-refractivity contribution is 6.17. The fraction of sp³-hybridized carbons (Fsp3) is 0.571. The highest BCUT2D eigenvalue weighted by Gasteiger charge is 2.01. The lowest BCUT2D eigenvalue weighted by atomic mass is 10.1. The van der Waals surface area contributed by atoms with Crippen LogP contribution in [-0.4, -0.2) is 19.8 Å². The lowest BCUT2D eigenvalue weighted by Crippen LogP contribution is -2.08. The van der Waals surface area contributed by atoms with Crippen LogP contribution in [-0.2, 0) is 10.6 Å². The molecule has 0 aliphatic carbocycles. The van der Waals surface area contributed by atoms with E-state index in [9.17, 15) is 4.39 Å². The smallest absolute Gasteiger partial charge is 0.127 e. The maximum Gasteiger partial charge on any atom is 0.127 e. The van der Waals surface area contributed by atoms with Gasteiger partial charge in [-0.3, -0.25) is 0 Å². The Morgan fingerprint density at radius 2 is 1.94 bits per heavy atom. The highest BCUT2D eigenvalue weighted by Crippen LogP contribution is 2.17. The molecule has 0 unspecified atom stereocenters. The topological polar surface area (TPSA) is 18.5 Å². The van der Waals surface area contributed by atoms with E-state index in [2.05, 4.69) is 13.8 Å². The average Bonchev–Trinajstić information content (AvgIpc) is 2.32. The molecule has 18 heavy (non-hydrogen) atoms. The van der Waals surface area contributed by atoms with Gasteiger partial charge in [-0.15, -0.1) is 11.6 Å². The summed E-state index contributed by atoms with van der Waals surface area (Å²) in [5.41, 5.74) is 0.715. The van der Waals surface area contributed by atoms with Crippen LogP contribution < -0.4 is 4.74 Å². The summed E-state index contributed by atoms with van der Waals surface area (Å²) < 4.78 is 24.0. The summed E-state index contributed by atoms with van der Waals surface area (Å²) >= 11 is 5.66. The minimum Gasteiger partial charge on any atom is -0.491 e. The van der Waals surface area contributed by atoms with Crippen LogP contribution in [0.4, 0.5) is 4.39 Å². The summed E-state index contributed by atoms with van der Waals surface area (Å²) in [6, 6.07) is 4.49. The van der Waals surface area contributed by atoms with E-state index in [0.717, 1.165) is 13.0 Å². The van der Waals surface area contributed by atoms with Gasteiger partial charge in [0, 0.05) is 18.6 Å². The minimum absolute atomic E-state index is 0.277. The van der Waals surface area contributed by atoms with Crippen molar-refractivity contribution in [3.8, 4) is 5.75 Å². The van der Waals surface area contributed by atoms with Crippen LogP contribution in [0, 0.1) is 11.7 Å². The van der Waals surface area contributed by atoms with E-state index in [1.165, 1.54) is 12.1 Å². The molecule has 0 amide bonds. The van der Waals surface area contributed by atoms with Crippen molar-refractivity contribution in [3.05, 3.63) is 29.6 Å². The number of rotatable bonds is 8. The van der Waals surface area contributed by atoms with Crippen molar-refractivity contribution < 1.29 is 13.9 Å². The molecule has 0 spiro atoms. The second-order valence-electron chi connectivity index (χ2n) is 4.57. The van der Waals surface area contributed by atoms with Gasteiger partial charge in [-0.05, 0) is 30.0 Å². The third-order valence-corrected chi connectivity index (χ3v) is 2.73. The first-order chi connectivity index (χ1) is 8.61. The molecule has 0 aliphatic heterocycles. The van der Waals surface area contributed by atoms with Gasteiger partial charge in [0.25, 0.3) is 0 Å². The maximum atomic E-state index is 13.2. The third kappa shape index (κ3) is 6.22. The predicted octanol–water partition coefficient (Wildman–Crippen LogP) is 4.01. The second kappa shape index (κ2) is 8.33. The molecule has 0 saturated heterocycles. The Hall–Kier alpha value is -0.800. The van der Waals surface area contributed by atoms with E-state index in [0.29, 0.717) is 30.4 Å². The van der Waals surface area contributed by atoms with Crippen molar-refractivity contribution in [1.82, 2.24) is 0 Å². The first-order valence-electron chi connectivity index (χ1n) is 6.17. The average molecular weight is 275 g/mol. The normalized spacial score (nSPS) is 10.9. The summed E-state index contributed by atoms with van der Waals surface area (Å²) in [5, 5.41) is 0. The summed E-state index contributed by atoms with van der Waals surface area (Å²) in [5.74, 6) is 1.08. The highest BCUT2D eigenvalue weighted by atomic mass is 35.5.